The highest BCUT2D eigenvalue weighted by Crippen LogP contribution is 2.21. The Morgan fingerprint density at radius 2 is 1.96 bits per heavy atom. The number of benzene rings is 1. The molecule has 0 aliphatic carbocycles. The third-order valence-electron chi connectivity index (χ3n) is 4.31. The summed E-state index contributed by atoms with van der Waals surface area (Å²) in [5.41, 5.74) is 0. The molecule has 1 amide bonds. The standard InChI is InChI=1S/C20H26N4O3/c1-15(27-17-8-4-3-5-9-17)20(25)21-10-13-26-19-14-18(22-16(2)23-19)24-11-6-7-12-24/h3-5,8-9,14-15H,6-7,10-13H2,1-2H3,(H,21,25). The molecule has 7 nitrogen and oxygen atoms in total. The third-order valence-corrected chi connectivity index (χ3v) is 4.31. The Bertz CT molecular complexity index is 748. The molecule has 1 aliphatic rings. The maximum atomic E-state index is 12.1. The van der Waals surface area contributed by atoms with Crippen molar-refractivity contribution in [2.75, 3.05) is 31.1 Å². The van der Waals surface area contributed by atoms with Crippen molar-refractivity contribution in [1.29, 1.82) is 0 Å². The third kappa shape index (κ3) is 5.57. The summed E-state index contributed by atoms with van der Waals surface area (Å²) in [5, 5.41) is 2.81. The summed E-state index contributed by atoms with van der Waals surface area (Å²) in [7, 11) is 0. The van der Waals surface area contributed by atoms with Gasteiger partial charge in [-0.2, -0.15) is 4.98 Å². The number of aryl methyl sites for hydroxylation is 1. The van der Waals surface area contributed by atoms with Gasteiger partial charge in [-0.15, -0.1) is 0 Å². The van der Waals surface area contributed by atoms with E-state index < -0.39 is 6.10 Å². The average Bonchev–Trinajstić information content (AvgIpc) is 3.20. The van der Waals surface area contributed by atoms with Gasteiger partial charge in [0.1, 0.15) is 24.0 Å². The quantitative estimate of drug-likeness (QED) is 0.719. The normalized spacial score (nSPS) is 14.7. The molecule has 0 radical (unpaired) electrons. The molecule has 1 aromatic heterocycles. The van der Waals surface area contributed by atoms with Gasteiger partial charge in [0.05, 0.1) is 6.54 Å². The van der Waals surface area contributed by atoms with E-state index >= 15 is 0 Å². The van der Waals surface area contributed by atoms with Crippen LogP contribution in [0.15, 0.2) is 36.4 Å². The first-order chi connectivity index (χ1) is 13.1. The van der Waals surface area contributed by atoms with E-state index in [1.807, 2.05) is 43.3 Å². The van der Waals surface area contributed by atoms with Crippen LogP contribution >= 0.6 is 0 Å². The molecule has 0 bridgehead atoms. The molecule has 1 unspecified atom stereocenters. The van der Waals surface area contributed by atoms with Crippen LogP contribution in [-0.4, -0.2) is 48.2 Å². The summed E-state index contributed by atoms with van der Waals surface area (Å²) >= 11 is 0. The lowest BCUT2D eigenvalue weighted by atomic mass is 10.3. The van der Waals surface area contributed by atoms with E-state index in [0.29, 0.717) is 30.6 Å². The van der Waals surface area contributed by atoms with E-state index in [4.69, 9.17) is 9.47 Å². The van der Waals surface area contributed by atoms with Crippen LogP contribution in [-0.2, 0) is 4.79 Å². The number of rotatable bonds is 8. The van der Waals surface area contributed by atoms with Gasteiger partial charge in [0.15, 0.2) is 6.10 Å². The first-order valence-corrected chi connectivity index (χ1v) is 9.34. The maximum Gasteiger partial charge on any atom is 0.260 e. The molecule has 2 aromatic rings. The molecule has 2 heterocycles. The highest BCUT2D eigenvalue weighted by Gasteiger charge is 2.16. The molecule has 7 heteroatoms. The van der Waals surface area contributed by atoms with E-state index in [9.17, 15) is 4.79 Å². The second-order valence-corrected chi connectivity index (χ2v) is 6.52. The summed E-state index contributed by atoms with van der Waals surface area (Å²) in [4.78, 5) is 23.2. The van der Waals surface area contributed by atoms with Crippen molar-refractivity contribution < 1.29 is 14.3 Å². The second kappa shape index (κ2) is 9.21. The van der Waals surface area contributed by atoms with Gasteiger partial charge in [-0.1, -0.05) is 18.2 Å². The molecule has 0 saturated carbocycles. The Balaban J connectivity index is 1.43. The maximum absolute atomic E-state index is 12.1. The number of ether oxygens (including phenoxy) is 2. The Morgan fingerprint density at radius 3 is 2.70 bits per heavy atom. The summed E-state index contributed by atoms with van der Waals surface area (Å²) in [6.07, 6.45) is 1.80. The van der Waals surface area contributed by atoms with Crippen LogP contribution in [0.3, 0.4) is 0 Å². The number of carbonyl (C=O) groups excluding carboxylic acids is 1. The van der Waals surface area contributed by atoms with E-state index in [-0.39, 0.29) is 5.91 Å². The minimum Gasteiger partial charge on any atom is -0.481 e. The lowest BCUT2D eigenvalue weighted by Crippen LogP contribution is -2.38. The molecule has 27 heavy (non-hydrogen) atoms. The average molecular weight is 370 g/mol. The lowest BCUT2D eigenvalue weighted by Gasteiger charge is -2.17. The number of amides is 1. The van der Waals surface area contributed by atoms with Gasteiger partial charge in [-0.05, 0) is 38.8 Å². The number of hydrogen-bond acceptors (Lipinski definition) is 6. The van der Waals surface area contributed by atoms with Crippen molar-refractivity contribution >= 4 is 11.7 Å². The SMILES string of the molecule is Cc1nc(OCCNC(=O)C(C)Oc2ccccc2)cc(N2CCCC2)n1. The van der Waals surface area contributed by atoms with Crippen molar-refractivity contribution in [1.82, 2.24) is 15.3 Å². The topological polar surface area (TPSA) is 76.6 Å². The van der Waals surface area contributed by atoms with Crippen LogP contribution in [0.5, 0.6) is 11.6 Å². The molecule has 1 saturated heterocycles. The molecule has 0 spiro atoms. The summed E-state index contributed by atoms with van der Waals surface area (Å²) in [6, 6.07) is 11.1. The smallest absolute Gasteiger partial charge is 0.260 e. The van der Waals surface area contributed by atoms with Gasteiger partial charge >= 0.3 is 0 Å². The fraction of sp³-hybridized carbons (Fsp3) is 0.450. The Labute approximate surface area is 159 Å². The van der Waals surface area contributed by atoms with Gasteiger partial charge < -0.3 is 19.7 Å². The van der Waals surface area contributed by atoms with Crippen LogP contribution < -0.4 is 19.7 Å². The van der Waals surface area contributed by atoms with Crippen LogP contribution in [0.1, 0.15) is 25.6 Å². The van der Waals surface area contributed by atoms with Crippen molar-refractivity contribution in [2.24, 2.45) is 0 Å². The fourth-order valence-electron chi connectivity index (χ4n) is 2.94. The van der Waals surface area contributed by atoms with Crippen molar-refractivity contribution in [3.63, 3.8) is 0 Å². The molecule has 144 valence electrons. The molecule has 3 rings (SSSR count). The molecular formula is C20H26N4O3. The predicted octanol–water partition coefficient (Wildman–Crippen LogP) is 2.35. The van der Waals surface area contributed by atoms with Gasteiger partial charge in [0, 0.05) is 19.2 Å². The van der Waals surface area contributed by atoms with Crippen LogP contribution in [0.4, 0.5) is 5.82 Å². The van der Waals surface area contributed by atoms with E-state index in [0.717, 1.165) is 18.9 Å². The first kappa shape index (κ1) is 18.9. The van der Waals surface area contributed by atoms with Crippen LogP contribution in [0, 0.1) is 6.92 Å². The number of nitrogens with one attached hydrogen (secondary N) is 1. The summed E-state index contributed by atoms with van der Waals surface area (Å²) < 4.78 is 11.3. The first-order valence-electron chi connectivity index (χ1n) is 9.34. The minimum atomic E-state index is -0.574. The zero-order chi connectivity index (χ0) is 19.1. The summed E-state index contributed by atoms with van der Waals surface area (Å²) in [5.74, 6) is 2.61. The Morgan fingerprint density at radius 1 is 1.22 bits per heavy atom. The Kier molecular flexibility index (Phi) is 6.46. The minimum absolute atomic E-state index is 0.181. The van der Waals surface area contributed by atoms with Gasteiger partial charge in [-0.3, -0.25) is 4.79 Å². The van der Waals surface area contributed by atoms with Gasteiger partial charge in [0.2, 0.25) is 5.88 Å². The lowest BCUT2D eigenvalue weighted by molar-refractivity contribution is -0.127. The number of carbonyl (C=O) groups is 1. The van der Waals surface area contributed by atoms with E-state index in [1.54, 1.807) is 6.92 Å². The van der Waals surface area contributed by atoms with Gasteiger partial charge in [0.25, 0.3) is 5.91 Å². The van der Waals surface area contributed by atoms with Crippen molar-refractivity contribution in [3.05, 3.63) is 42.2 Å². The molecule has 1 N–H and O–H groups in total. The van der Waals surface area contributed by atoms with Crippen LogP contribution in [0.2, 0.25) is 0 Å². The van der Waals surface area contributed by atoms with Crippen LogP contribution in [0.25, 0.3) is 0 Å². The predicted molar refractivity (Wildman–Crippen MR) is 103 cm³/mol. The van der Waals surface area contributed by atoms with Gasteiger partial charge in [-0.25, -0.2) is 4.98 Å². The molecule has 1 atom stereocenters. The number of para-hydroxylation sites is 1. The van der Waals surface area contributed by atoms with E-state index in [2.05, 4.69) is 20.2 Å². The number of nitrogens with zero attached hydrogens (tertiary/aromatic N) is 3. The second-order valence-electron chi connectivity index (χ2n) is 6.52. The zero-order valence-electron chi connectivity index (χ0n) is 15.9. The molecule has 1 fully saturated rings. The van der Waals surface area contributed by atoms with Crippen molar-refractivity contribution in [2.45, 2.75) is 32.8 Å². The highest BCUT2D eigenvalue weighted by atomic mass is 16.5. The fourth-order valence-corrected chi connectivity index (χ4v) is 2.94. The molecule has 1 aromatic carbocycles. The summed E-state index contributed by atoms with van der Waals surface area (Å²) in [6.45, 7) is 6.33. The monoisotopic (exact) mass is 370 g/mol. The number of anilines is 1. The molecular weight excluding hydrogens is 344 g/mol. The van der Waals surface area contributed by atoms with E-state index in [1.165, 1.54) is 12.8 Å². The number of hydrogen-bond donors (Lipinski definition) is 1. The molecule has 1 aliphatic heterocycles. The highest BCUT2D eigenvalue weighted by molar-refractivity contribution is 5.80. The zero-order valence-corrected chi connectivity index (χ0v) is 15.9. The largest absolute Gasteiger partial charge is 0.481 e. The van der Waals surface area contributed by atoms with Crippen molar-refractivity contribution in [3.8, 4) is 11.6 Å². The number of aromatic nitrogens is 2. The Hall–Kier alpha value is -2.83.